The number of nitrogens with zero attached hydrogens (tertiary/aromatic N) is 2. The third kappa shape index (κ3) is 3.34. The summed E-state index contributed by atoms with van der Waals surface area (Å²) in [5, 5.41) is 13.8. The van der Waals surface area contributed by atoms with E-state index in [4.69, 9.17) is 21.2 Å². The lowest BCUT2D eigenvalue weighted by Gasteiger charge is -2.07. The van der Waals surface area contributed by atoms with Crippen LogP contribution in [0.4, 0.5) is 0 Å². The Bertz CT molecular complexity index is 1090. The van der Waals surface area contributed by atoms with Crippen molar-refractivity contribution in [2.45, 2.75) is 33.1 Å². The Morgan fingerprint density at radius 1 is 1.25 bits per heavy atom. The fourth-order valence-corrected chi connectivity index (χ4v) is 3.79. The van der Waals surface area contributed by atoms with Crippen molar-refractivity contribution in [1.29, 1.82) is 0 Å². The first-order chi connectivity index (χ1) is 13.4. The molecular formula is C22H19ClN2O3. The first-order valence-corrected chi connectivity index (χ1v) is 9.46. The van der Waals surface area contributed by atoms with Crippen LogP contribution in [-0.4, -0.2) is 21.2 Å². The summed E-state index contributed by atoms with van der Waals surface area (Å²) in [4.78, 5) is 15.5. The molecule has 1 heterocycles. The maximum atomic E-state index is 10.9. The third-order valence-corrected chi connectivity index (χ3v) is 5.59. The number of carboxylic acid groups (broad SMARTS) is 1. The van der Waals surface area contributed by atoms with E-state index in [0.717, 1.165) is 45.4 Å². The van der Waals surface area contributed by atoms with Crippen molar-refractivity contribution in [3.63, 3.8) is 0 Å². The summed E-state index contributed by atoms with van der Waals surface area (Å²) in [6.45, 7) is 3.97. The summed E-state index contributed by atoms with van der Waals surface area (Å²) in [5.41, 5.74) is 7.03. The van der Waals surface area contributed by atoms with Crippen LogP contribution in [0.15, 0.2) is 40.9 Å². The van der Waals surface area contributed by atoms with Crippen molar-refractivity contribution in [3.8, 4) is 22.8 Å². The number of benzene rings is 2. The van der Waals surface area contributed by atoms with E-state index in [2.05, 4.69) is 16.2 Å². The molecule has 0 saturated carbocycles. The van der Waals surface area contributed by atoms with Crippen LogP contribution in [0.3, 0.4) is 0 Å². The van der Waals surface area contributed by atoms with Gasteiger partial charge in [0, 0.05) is 22.6 Å². The molecular weight excluding hydrogens is 376 g/mol. The smallest absolute Gasteiger partial charge is 0.303 e. The molecule has 0 spiro atoms. The number of fused-ring (bicyclic) bond motifs is 1. The van der Waals surface area contributed by atoms with Crippen molar-refractivity contribution < 1.29 is 14.4 Å². The van der Waals surface area contributed by atoms with Crippen LogP contribution in [0.5, 0.6) is 0 Å². The molecule has 0 fully saturated rings. The van der Waals surface area contributed by atoms with Gasteiger partial charge in [0.1, 0.15) is 0 Å². The molecule has 4 rings (SSSR count). The number of aromatic nitrogens is 2. The van der Waals surface area contributed by atoms with Gasteiger partial charge in [0.25, 0.3) is 5.89 Å². The molecule has 28 heavy (non-hydrogen) atoms. The zero-order chi connectivity index (χ0) is 19.8. The quantitative estimate of drug-likeness (QED) is 0.620. The van der Waals surface area contributed by atoms with Crippen LogP contribution in [0, 0.1) is 13.8 Å². The van der Waals surface area contributed by atoms with Gasteiger partial charge in [-0.25, -0.2) is 0 Å². The largest absolute Gasteiger partial charge is 0.481 e. The SMILES string of the molecule is Cc1cc(-c2nc(-c3cccc4c3CC=C4CCC(=O)O)no2)cc(Cl)c1C. The zero-order valence-electron chi connectivity index (χ0n) is 15.6. The molecule has 1 aliphatic carbocycles. The third-order valence-electron chi connectivity index (χ3n) is 5.20. The monoisotopic (exact) mass is 394 g/mol. The van der Waals surface area contributed by atoms with Gasteiger partial charge in [0.2, 0.25) is 5.82 Å². The molecule has 0 unspecified atom stereocenters. The summed E-state index contributed by atoms with van der Waals surface area (Å²) in [5.74, 6) is 0.157. The topological polar surface area (TPSA) is 76.2 Å². The minimum Gasteiger partial charge on any atom is -0.481 e. The predicted molar refractivity (Wildman–Crippen MR) is 108 cm³/mol. The predicted octanol–water partition coefficient (Wildman–Crippen LogP) is 5.48. The van der Waals surface area contributed by atoms with Gasteiger partial charge in [-0.3, -0.25) is 4.79 Å². The number of halogens is 1. The second kappa shape index (κ2) is 7.24. The molecule has 0 aliphatic heterocycles. The summed E-state index contributed by atoms with van der Waals surface area (Å²) in [6, 6.07) is 9.75. The molecule has 3 aromatic rings. The first kappa shape index (κ1) is 18.4. The van der Waals surface area contributed by atoms with Crippen LogP contribution >= 0.6 is 11.6 Å². The highest BCUT2D eigenvalue weighted by molar-refractivity contribution is 6.31. The highest BCUT2D eigenvalue weighted by Gasteiger charge is 2.21. The van der Waals surface area contributed by atoms with Crippen LogP contribution in [0.25, 0.3) is 28.4 Å². The number of aryl methyl sites for hydroxylation is 1. The molecule has 142 valence electrons. The minimum absolute atomic E-state index is 0.120. The lowest BCUT2D eigenvalue weighted by atomic mass is 9.98. The highest BCUT2D eigenvalue weighted by atomic mass is 35.5. The Hall–Kier alpha value is -2.92. The molecule has 0 atom stereocenters. The summed E-state index contributed by atoms with van der Waals surface area (Å²) in [7, 11) is 0. The number of hydrogen-bond acceptors (Lipinski definition) is 4. The molecule has 6 heteroatoms. The number of hydrogen-bond donors (Lipinski definition) is 1. The zero-order valence-corrected chi connectivity index (χ0v) is 16.4. The molecule has 0 amide bonds. The van der Waals surface area contributed by atoms with Crippen LogP contribution in [0.1, 0.15) is 35.1 Å². The van der Waals surface area contributed by atoms with Crippen molar-refractivity contribution >= 4 is 23.1 Å². The van der Waals surface area contributed by atoms with Crippen LogP contribution in [0.2, 0.25) is 5.02 Å². The maximum Gasteiger partial charge on any atom is 0.303 e. The van der Waals surface area contributed by atoms with Crippen molar-refractivity contribution in [2.75, 3.05) is 0 Å². The number of allylic oxidation sites excluding steroid dienone is 2. The lowest BCUT2D eigenvalue weighted by molar-refractivity contribution is -0.136. The van der Waals surface area contributed by atoms with Gasteiger partial charge in [-0.2, -0.15) is 4.98 Å². The first-order valence-electron chi connectivity index (χ1n) is 9.08. The Kier molecular flexibility index (Phi) is 4.77. The van der Waals surface area contributed by atoms with E-state index in [1.165, 1.54) is 0 Å². The fraction of sp³-hybridized carbons (Fsp3) is 0.227. The van der Waals surface area contributed by atoms with E-state index in [1.54, 1.807) is 0 Å². The fourth-order valence-electron chi connectivity index (χ4n) is 3.52. The van der Waals surface area contributed by atoms with Gasteiger partial charge >= 0.3 is 5.97 Å². The van der Waals surface area contributed by atoms with E-state index < -0.39 is 5.97 Å². The molecule has 1 N–H and O–H groups in total. The van der Waals surface area contributed by atoms with Gasteiger partial charge in [0.05, 0.1) is 0 Å². The maximum absolute atomic E-state index is 10.9. The average molecular weight is 395 g/mol. The summed E-state index contributed by atoms with van der Waals surface area (Å²) in [6.07, 6.45) is 3.46. The van der Waals surface area contributed by atoms with Crippen molar-refractivity contribution in [1.82, 2.24) is 10.1 Å². The molecule has 2 aromatic carbocycles. The summed E-state index contributed by atoms with van der Waals surface area (Å²) < 4.78 is 5.51. The van der Waals surface area contributed by atoms with Crippen molar-refractivity contribution in [2.24, 2.45) is 0 Å². The van der Waals surface area contributed by atoms with E-state index >= 15 is 0 Å². The van der Waals surface area contributed by atoms with Gasteiger partial charge in [0.15, 0.2) is 0 Å². The van der Waals surface area contributed by atoms with Gasteiger partial charge in [-0.1, -0.05) is 41.0 Å². The van der Waals surface area contributed by atoms with E-state index in [0.29, 0.717) is 23.2 Å². The van der Waals surface area contributed by atoms with Crippen molar-refractivity contribution in [3.05, 3.63) is 63.7 Å². The Balaban J connectivity index is 1.67. The van der Waals surface area contributed by atoms with E-state index in [1.807, 2.05) is 44.2 Å². The Morgan fingerprint density at radius 2 is 2.04 bits per heavy atom. The molecule has 1 aliphatic rings. The standard InChI is InChI=1S/C22H19ClN2O3/c1-12-10-15(11-19(23)13(12)2)22-24-21(25-28-22)18-5-3-4-16-14(6-8-17(16)18)7-9-20(26)27/h3-6,10-11H,7-9H2,1-2H3,(H,26,27). The van der Waals surface area contributed by atoms with E-state index in [-0.39, 0.29) is 6.42 Å². The van der Waals surface area contributed by atoms with Gasteiger partial charge in [-0.15, -0.1) is 0 Å². The second-order valence-corrected chi connectivity index (χ2v) is 7.39. The number of rotatable bonds is 5. The molecule has 1 aromatic heterocycles. The molecule has 5 nitrogen and oxygen atoms in total. The molecule has 0 radical (unpaired) electrons. The number of carbonyl (C=O) groups is 1. The lowest BCUT2D eigenvalue weighted by Crippen LogP contribution is -1.96. The average Bonchev–Trinajstić information content (AvgIpc) is 3.31. The van der Waals surface area contributed by atoms with Crippen LogP contribution < -0.4 is 0 Å². The number of carboxylic acids is 1. The normalized spacial score (nSPS) is 12.8. The molecule has 0 saturated heterocycles. The number of aliphatic carboxylic acids is 1. The summed E-state index contributed by atoms with van der Waals surface area (Å²) >= 11 is 6.30. The Morgan fingerprint density at radius 3 is 2.79 bits per heavy atom. The van der Waals surface area contributed by atoms with Gasteiger partial charge < -0.3 is 9.63 Å². The van der Waals surface area contributed by atoms with E-state index in [9.17, 15) is 4.79 Å². The minimum atomic E-state index is -0.791. The van der Waals surface area contributed by atoms with Crippen LogP contribution in [-0.2, 0) is 11.2 Å². The second-order valence-electron chi connectivity index (χ2n) is 6.98. The highest BCUT2D eigenvalue weighted by Crippen LogP contribution is 2.37. The Labute approximate surface area is 167 Å². The van der Waals surface area contributed by atoms with Gasteiger partial charge in [-0.05, 0) is 66.6 Å². The molecule has 0 bridgehead atoms.